The Morgan fingerprint density at radius 3 is 2.00 bits per heavy atom. The molecule has 6 heteroatoms. The van der Waals surface area contributed by atoms with Gasteiger partial charge >= 0.3 is 5.97 Å². The van der Waals surface area contributed by atoms with Crippen molar-refractivity contribution in [3.05, 3.63) is 102 Å². The van der Waals surface area contributed by atoms with E-state index in [1.807, 2.05) is 95.7 Å². The zero-order valence-electron chi connectivity index (χ0n) is 18.2. The molecule has 0 aromatic heterocycles. The third kappa shape index (κ3) is 4.02. The van der Waals surface area contributed by atoms with Gasteiger partial charge in [0, 0.05) is 17.2 Å². The molecular formula is C26H26NO4P. The second kappa shape index (κ2) is 9.56. The molecule has 0 saturated heterocycles. The summed E-state index contributed by atoms with van der Waals surface area (Å²) in [6.07, 6.45) is 1.84. The molecule has 0 bridgehead atoms. The maximum absolute atomic E-state index is 15.0. The van der Waals surface area contributed by atoms with Crippen molar-refractivity contribution >= 4 is 23.9 Å². The molecule has 1 atom stereocenters. The molecule has 1 aliphatic rings. The van der Waals surface area contributed by atoms with Crippen LogP contribution in [0.25, 0.3) is 0 Å². The topological polar surface area (TPSA) is 55.8 Å². The molecule has 0 amide bonds. The lowest BCUT2D eigenvalue weighted by molar-refractivity contribution is -0.138. The predicted molar refractivity (Wildman–Crippen MR) is 127 cm³/mol. The Bertz CT molecular complexity index is 1100. The van der Waals surface area contributed by atoms with Gasteiger partial charge in [0.15, 0.2) is 0 Å². The standard InChI is InChI=1S/C26H26NO4P/c1-3-31-26(28)24-18-19-27(25(24)20-14-16-21(30-2)17-15-20)32(29,22-10-6-4-7-11-22)23-12-8-5-9-13-23/h4-18,25H,3,19H2,1-2H3/t25-/m0/s1. The van der Waals surface area contributed by atoms with Crippen LogP contribution in [0.2, 0.25) is 0 Å². The van der Waals surface area contributed by atoms with Crippen LogP contribution in [0.3, 0.4) is 0 Å². The first kappa shape index (κ1) is 22.1. The first-order valence-corrected chi connectivity index (χ1v) is 12.2. The number of carbonyl (C=O) groups is 1. The zero-order chi connectivity index (χ0) is 22.6. The highest BCUT2D eigenvalue weighted by atomic mass is 31.2. The lowest BCUT2D eigenvalue weighted by atomic mass is 10.0. The largest absolute Gasteiger partial charge is 0.497 e. The SMILES string of the molecule is CCOC(=O)C1=CCN(P(=O)(c2ccccc2)c2ccccc2)[C@H]1c1ccc(OC)cc1. The van der Waals surface area contributed by atoms with E-state index in [-0.39, 0.29) is 12.6 Å². The van der Waals surface area contributed by atoms with Crippen molar-refractivity contribution in [1.29, 1.82) is 0 Å². The van der Waals surface area contributed by atoms with Crippen LogP contribution >= 0.6 is 7.29 Å². The van der Waals surface area contributed by atoms with E-state index in [1.54, 1.807) is 14.0 Å². The molecule has 0 radical (unpaired) electrons. The van der Waals surface area contributed by atoms with Crippen LogP contribution in [-0.2, 0) is 14.1 Å². The van der Waals surface area contributed by atoms with E-state index in [4.69, 9.17) is 9.47 Å². The lowest BCUT2D eigenvalue weighted by Gasteiger charge is -2.35. The number of ether oxygens (including phenoxy) is 2. The molecule has 1 aliphatic heterocycles. The zero-order valence-corrected chi connectivity index (χ0v) is 19.1. The van der Waals surface area contributed by atoms with E-state index in [2.05, 4.69) is 0 Å². The van der Waals surface area contributed by atoms with Crippen LogP contribution < -0.4 is 15.3 Å². The minimum absolute atomic E-state index is 0.278. The Hall–Kier alpha value is -3.14. The number of methoxy groups -OCH3 is 1. The highest BCUT2D eigenvalue weighted by Gasteiger charge is 2.45. The summed E-state index contributed by atoms with van der Waals surface area (Å²) in [5, 5.41) is 1.45. The van der Waals surface area contributed by atoms with Crippen LogP contribution in [0.5, 0.6) is 5.75 Å². The van der Waals surface area contributed by atoms with Gasteiger partial charge < -0.3 is 9.47 Å². The number of hydrogen-bond donors (Lipinski definition) is 0. The van der Waals surface area contributed by atoms with E-state index < -0.39 is 13.3 Å². The summed E-state index contributed by atoms with van der Waals surface area (Å²) in [5.74, 6) is 0.331. The first-order valence-electron chi connectivity index (χ1n) is 10.6. The maximum atomic E-state index is 15.0. The number of nitrogens with zero attached hydrogens (tertiary/aromatic N) is 1. The van der Waals surface area contributed by atoms with E-state index >= 15 is 0 Å². The van der Waals surface area contributed by atoms with Crippen LogP contribution in [-0.4, -0.2) is 30.9 Å². The quantitative estimate of drug-likeness (QED) is 0.395. The van der Waals surface area contributed by atoms with Gasteiger partial charge in [0.25, 0.3) is 0 Å². The molecule has 0 spiro atoms. The number of esters is 1. The van der Waals surface area contributed by atoms with Gasteiger partial charge in [-0.2, -0.15) is 0 Å². The van der Waals surface area contributed by atoms with Crippen LogP contribution in [0.15, 0.2) is 96.6 Å². The fourth-order valence-electron chi connectivity index (χ4n) is 4.10. The molecule has 32 heavy (non-hydrogen) atoms. The molecule has 0 saturated carbocycles. The fourth-order valence-corrected chi connectivity index (χ4v) is 7.04. The van der Waals surface area contributed by atoms with E-state index in [1.165, 1.54) is 0 Å². The molecule has 0 unspecified atom stereocenters. The van der Waals surface area contributed by atoms with Gasteiger partial charge in [-0.05, 0) is 48.9 Å². The Balaban J connectivity index is 1.87. The minimum Gasteiger partial charge on any atom is -0.497 e. The van der Waals surface area contributed by atoms with Gasteiger partial charge in [0.2, 0.25) is 7.29 Å². The predicted octanol–water partition coefficient (Wildman–Crippen LogP) is 4.47. The van der Waals surface area contributed by atoms with Gasteiger partial charge in [0.05, 0.1) is 25.3 Å². The smallest absolute Gasteiger partial charge is 0.335 e. The number of benzene rings is 3. The molecule has 1 heterocycles. The Morgan fingerprint density at radius 2 is 1.50 bits per heavy atom. The third-order valence-electron chi connectivity index (χ3n) is 5.61. The Morgan fingerprint density at radius 1 is 0.938 bits per heavy atom. The second-order valence-electron chi connectivity index (χ2n) is 7.42. The molecule has 0 fully saturated rings. The highest BCUT2D eigenvalue weighted by Crippen LogP contribution is 2.55. The molecule has 0 N–H and O–H groups in total. The normalized spacial score (nSPS) is 16.4. The monoisotopic (exact) mass is 447 g/mol. The first-order chi connectivity index (χ1) is 15.6. The van der Waals surface area contributed by atoms with Crippen molar-refractivity contribution in [2.75, 3.05) is 20.3 Å². The summed E-state index contributed by atoms with van der Waals surface area (Å²) in [6, 6.07) is 26.0. The van der Waals surface area contributed by atoms with Crippen molar-refractivity contribution in [1.82, 2.24) is 4.67 Å². The average Bonchev–Trinajstić information content (AvgIpc) is 3.31. The van der Waals surface area contributed by atoms with Crippen LogP contribution in [0, 0.1) is 0 Å². The van der Waals surface area contributed by atoms with E-state index in [9.17, 15) is 9.36 Å². The van der Waals surface area contributed by atoms with Gasteiger partial charge in [-0.3, -0.25) is 4.57 Å². The molecular weight excluding hydrogens is 421 g/mol. The Labute approximate surface area is 188 Å². The average molecular weight is 447 g/mol. The molecule has 164 valence electrons. The van der Waals surface area contributed by atoms with Crippen LogP contribution in [0.1, 0.15) is 18.5 Å². The minimum atomic E-state index is -3.27. The summed E-state index contributed by atoms with van der Waals surface area (Å²) in [4.78, 5) is 12.9. The van der Waals surface area contributed by atoms with Crippen LogP contribution in [0.4, 0.5) is 0 Å². The van der Waals surface area contributed by atoms with Crippen molar-refractivity contribution in [2.24, 2.45) is 0 Å². The second-order valence-corrected chi connectivity index (χ2v) is 10.1. The van der Waals surface area contributed by atoms with Gasteiger partial charge in [-0.15, -0.1) is 0 Å². The number of carbonyl (C=O) groups excluding carboxylic acids is 1. The van der Waals surface area contributed by atoms with E-state index in [0.717, 1.165) is 16.2 Å². The molecule has 4 rings (SSSR count). The third-order valence-corrected chi connectivity index (χ3v) is 8.72. The highest BCUT2D eigenvalue weighted by molar-refractivity contribution is 7.76. The van der Waals surface area contributed by atoms with Gasteiger partial charge in [-0.1, -0.05) is 54.6 Å². The number of hydrogen-bond acceptors (Lipinski definition) is 4. The summed E-state index contributed by atoms with van der Waals surface area (Å²) < 4.78 is 27.6. The summed E-state index contributed by atoms with van der Waals surface area (Å²) in [7, 11) is -1.65. The van der Waals surface area contributed by atoms with Gasteiger partial charge in [-0.25, -0.2) is 9.46 Å². The van der Waals surface area contributed by atoms with Crippen molar-refractivity contribution in [3.63, 3.8) is 0 Å². The lowest BCUT2D eigenvalue weighted by Crippen LogP contribution is -2.34. The van der Waals surface area contributed by atoms with E-state index in [0.29, 0.717) is 17.9 Å². The van der Waals surface area contributed by atoms with Crippen molar-refractivity contribution in [2.45, 2.75) is 13.0 Å². The molecule has 0 aliphatic carbocycles. The van der Waals surface area contributed by atoms with Crippen molar-refractivity contribution < 1.29 is 18.8 Å². The summed E-state index contributed by atoms with van der Waals surface area (Å²) in [6.45, 7) is 2.43. The summed E-state index contributed by atoms with van der Waals surface area (Å²) >= 11 is 0. The van der Waals surface area contributed by atoms with Gasteiger partial charge in [0.1, 0.15) is 5.75 Å². The molecule has 3 aromatic rings. The Kier molecular flexibility index (Phi) is 6.59. The molecule has 5 nitrogen and oxygen atoms in total. The molecule has 3 aromatic carbocycles. The van der Waals surface area contributed by atoms with Crippen molar-refractivity contribution in [3.8, 4) is 5.75 Å². The maximum Gasteiger partial charge on any atom is 0.335 e. The number of rotatable bonds is 7. The fraction of sp³-hybridized carbons (Fsp3) is 0.192. The summed E-state index contributed by atoms with van der Waals surface area (Å²) in [5.41, 5.74) is 1.36.